The lowest BCUT2D eigenvalue weighted by molar-refractivity contribution is 0.296. The first-order valence-corrected chi connectivity index (χ1v) is 5.74. The minimum absolute atomic E-state index is 0.496. The summed E-state index contributed by atoms with van der Waals surface area (Å²) in [5.41, 5.74) is 5.54. The van der Waals surface area contributed by atoms with Crippen molar-refractivity contribution in [1.29, 1.82) is 0 Å². The van der Waals surface area contributed by atoms with Gasteiger partial charge in [0.05, 0.1) is 6.61 Å². The first-order chi connectivity index (χ1) is 7.68. The Hall–Kier alpha value is -1.29. The number of pyridine rings is 1. The van der Waals surface area contributed by atoms with Gasteiger partial charge in [-0.3, -0.25) is 0 Å². The average Bonchev–Trinajstić information content (AvgIpc) is 2.23. The Morgan fingerprint density at radius 2 is 2.25 bits per heavy atom. The predicted molar refractivity (Wildman–Crippen MR) is 66.5 cm³/mol. The highest BCUT2D eigenvalue weighted by Gasteiger charge is 1.96. The summed E-state index contributed by atoms with van der Waals surface area (Å²) >= 11 is 0. The van der Waals surface area contributed by atoms with E-state index in [1.807, 2.05) is 12.1 Å². The predicted octanol–water partition coefficient (Wildman–Crippen LogP) is 1.68. The summed E-state index contributed by atoms with van der Waals surface area (Å²) in [6.07, 6.45) is 0.975. The lowest BCUT2D eigenvalue weighted by Gasteiger charge is -2.08. The van der Waals surface area contributed by atoms with E-state index >= 15 is 0 Å². The van der Waals surface area contributed by atoms with Crippen LogP contribution in [0.3, 0.4) is 0 Å². The fourth-order valence-corrected chi connectivity index (χ4v) is 1.28. The van der Waals surface area contributed by atoms with Crippen LogP contribution in [0.2, 0.25) is 0 Å². The van der Waals surface area contributed by atoms with Crippen molar-refractivity contribution in [2.45, 2.75) is 20.3 Å². The molecule has 0 atom stereocenters. The number of nitrogen functional groups attached to an aromatic ring is 1. The minimum Gasteiger partial charge on any atom is -0.478 e. The van der Waals surface area contributed by atoms with Crippen LogP contribution in [0.15, 0.2) is 18.2 Å². The Morgan fingerprint density at radius 1 is 1.44 bits per heavy atom. The molecule has 1 aromatic heterocycles. The molecule has 0 bridgehead atoms. The van der Waals surface area contributed by atoms with Crippen LogP contribution in [-0.4, -0.2) is 24.7 Å². The maximum Gasteiger partial charge on any atom is 0.215 e. The first kappa shape index (κ1) is 12.8. The summed E-state index contributed by atoms with van der Waals surface area (Å²) in [6, 6.07) is 5.41. The molecule has 0 amide bonds. The summed E-state index contributed by atoms with van der Waals surface area (Å²) in [6.45, 7) is 7.08. The van der Waals surface area contributed by atoms with Crippen molar-refractivity contribution in [2.75, 3.05) is 25.4 Å². The molecule has 1 heterocycles. The molecule has 90 valence electrons. The first-order valence-electron chi connectivity index (χ1n) is 5.74. The Morgan fingerprint density at radius 3 is 2.94 bits per heavy atom. The molecule has 0 aliphatic carbocycles. The summed E-state index contributed by atoms with van der Waals surface area (Å²) in [4.78, 5) is 4.05. The number of ether oxygens (including phenoxy) is 1. The number of anilines is 1. The number of nitrogens with two attached hydrogens (primary N) is 1. The van der Waals surface area contributed by atoms with Crippen molar-refractivity contribution in [1.82, 2.24) is 10.3 Å². The highest BCUT2D eigenvalue weighted by Crippen LogP contribution is 2.08. The van der Waals surface area contributed by atoms with E-state index in [-0.39, 0.29) is 0 Å². The van der Waals surface area contributed by atoms with Gasteiger partial charge in [0.15, 0.2) is 0 Å². The van der Waals surface area contributed by atoms with E-state index in [1.165, 1.54) is 0 Å². The zero-order chi connectivity index (χ0) is 11.8. The van der Waals surface area contributed by atoms with Crippen molar-refractivity contribution in [3.63, 3.8) is 0 Å². The third-order valence-corrected chi connectivity index (χ3v) is 2.05. The molecule has 4 heteroatoms. The van der Waals surface area contributed by atoms with Crippen LogP contribution in [0.25, 0.3) is 0 Å². The second-order valence-electron chi connectivity index (χ2n) is 4.20. The molecule has 0 saturated carbocycles. The summed E-state index contributed by atoms with van der Waals surface area (Å²) in [7, 11) is 0. The fourth-order valence-electron chi connectivity index (χ4n) is 1.28. The summed E-state index contributed by atoms with van der Waals surface area (Å²) < 4.78 is 5.46. The molecular formula is C12H21N3O. The Labute approximate surface area is 97.2 Å². The van der Waals surface area contributed by atoms with Gasteiger partial charge < -0.3 is 15.8 Å². The van der Waals surface area contributed by atoms with E-state index in [0.717, 1.165) is 19.5 Å². The maximum atomic E-state index is 5.54. The summed E-state index contributed by atoms with van der Waals surface area (Å²) in [5.74, 6) is 1.79. The molecule has 3 N–H and O–H groups in total. The Balaban J connectivity index is 2.07. The van der Waals surface area contributed by atoms with Gasteiger partial charge in [-0.2, -0.15) is 4.98 Å². The third kappa shape index (κ3) is 5.56. The third-order valence-electron chi connectivity index (χ3n) is 2.05. The van der Waals surface area contributed by atoms with Crippen LogP contribution in [0.1, 0.15) is 20.3 Å². The second-order valence-corrected chi connectivity index (χ2v) is 4.20. The van der Waals surface area contributed by atoms with Gasteiger partial charge in [0.25, 0.3) is 0 Å². The number of hydrogen-bond donors (Lipinski definition) is 2. The van der Waals surface area contributed by atoms with Crippen molar-refractivity contribution >= 4 is 5.82 Å². The van der Waals surface area contributed by atoms with Crippen LogP contribution in [0.4, 0.5) is 5.82 Å². The number of rotatable bonds is 7. The molecule has 0 unspecified atom stereocenters. The molecule has 0 aromatic carbocycles. The van der Waals surface area contributed by atoms with Crippen LogP contribution in [-0.2, 0) is 0 Å². The number of aromatic nitrogens is 1. The molecule has 4 nitrogen and oxygen atoms in total. The largest absolute Gasteiger partial charge is 0.478 e. The molecule has 0 radical (unpaired) electrons. The van der Waals surface area contributed by atoms with E-state index in [4.69, 9.17) is 10.5 Å². The normalized spacial score (nSPS) is 10.7. The highest BCUT2D eigenvalue weighted by molar-refractivity contribution is 5.30. The van der Waals surface area contributed by atoms with Crippen LogP contribution >= 0.6 is 0 Å². The molecule has 16 heavy (non-hydrogen) atoms. The Kier molecular flexibility index (Phi) is 5.64. The topological polar surface area (TPSA) is 60.2 Å². The lowest BCUT2D eigenvalue weighted by atomic mass is 10.2. The average molecular weight is 223 g/mol. The zero-order valence-electron chi connectivity index (χ0n) is 10.1. The molecule has 0 aliphatic heterocycles. The second kappa shape index (κ2) is 7.06. The molecule has 1 rings (SSSR count). The molecule has 0 aliphatic rings. The molecule has 0 spiro atoms. The van der Waals surface area contributed by atoms with Gasteiger partial charge >= 0.3 is 0 Å². The molecule has 0 fully saturated rings. The van der Waals surface area contributed by atoms with E-state index < -0.39 is 0 Å². The van der Waals surface area contributed by atoms with Crippen molar-refractivity contribution in [2.24, 2.45) is 5.92 Å². The smallest absolute Gasteiger partial charge is 0.215 e. The maximum absolute atomic E-state index is 5.54. The molecule has 0 saturated heterocycles. The van der Waals surface area contributed by atoms with Gasteiger partial charge in [-0.15, -0.1) is 0 Å². The highest BCUT2D eigenvalue weighted by atomic mass is 16.5. The number of hydrogen-bond acceptors (Lipinski definition) is 4. The number of nitrogens with one attached hydrogen (secondary N) is 1. The van der Waals surface area contributed by atoms with Gasteiger partial charge in [0.1, 0.15) is 5.82 Å². The fraction of sp³-hybridized carbons (Fsp3) is 0.583. The van der Waals surface area contributed by atoms with Gasteiger partial charge in [0, 0.05) is 6.07 Å². The van der Waals surface area contributed by atoms with Crippen molar-refractivity contribution < 1.29 is 4.74 Å². The monoisotopic (exact) mass is 223 g/mol. The van der Waals surface area contributed by atoms with Gasteiger partial charge in [-0.05, 0) is 31.5 Å². The van der Waals surface area contributed by atoms with Gasteiger partial charge in [0.2, 0.25) is 5.88 Å². The zero-order valence-corrected chi connectivity index (χ0v) is 10.1. The number of nitrogens with zero attached hydrogens (tertiary/aromatic N) is 1. The summed E-state index contributed by atoms with van der Waals surface area (Å²) in [5, 5.41) is 3.36. The standard InChI is InChI=1S/C12H21N3O/c1-10(2)9-14-7-4-8-16-12-6-3-5-11(13)15-12/h3,5-6,10,14H,4,7-9H2,1-2H3,(H2,13,15). The molecule has 1 aromatic rings. The SMILES string of the molecule is CC(C)CNCCCOc1cccc(N)n1. The van der Waals surface area contributed by atoms with Gasteiger partial charge in [-0.25, -0.2) is 0 Å². The van der Waals surface area contributed by atoms with Crippen molar-refractivity contribution in [3.8, 4) is 5.88 Å². The van der Waals surface area contributed by atoms with Gasteiger partial charge in [-0.1, -0.05) is 19.9 Å². The minimum atomic E-state index is 0.496. The van der Waals surface area contributed by atoms with E-state index in [0.29, 0.717) is 24.2 Å². The Bertz CT molecular complexity index is 302. The molecular weight excluding hydrogens is 202 g/mol. The van der Waals surface area contributed by atoms with E-state index in [9.17, 15) is 0 Å². The quantitative estimate of drug-likeness (QED) is 0.690. The van der Waals surface area contributed by atoms with Crippen LogP contribution < -0.4 is 15.8 Å². The van der Waals surface area contributed by atoms with Crippen molar-refractivity contribution in [3.05, 3.63) is 18.2 Å². The van der Waals surface area contributed by atoms with E-state index in [2.05, 4.69) is 24.1 Å². The van der Waals surface area contributed by atoms with E-state index in [1.54, 1.807) is 6.07 Å². The lowest BCUT2D eigenvalue weighted by Crippen LogP contribution is -2.22. The van der Waals surface area contributed by atoms with Crippen LogP contribution in [0, 0.1) is 5.92 Å². The van der Waals surface area contributed by atoms with Crippen LogP contribution in [0.5, 0.6) is 5.88 Å².